The van der Waals surface area contributed by atoms with Gasteiger partial charge in [0.25, 0.3) is 5.91 Å². The van der Waals surface area contributed by atoms with E-state index in [-0.39, 0.29) is 28.6 Å². The highest BCUT2D eigenvalue weighted by molar-refractivity contribution is 8.00. The largest absolute Gasteiger partial charge is 0.452 e. The van der Waals surface area contributed by atoms with E-state index in [1.807, 2.05) is 29.2 Å². The van der Waals surface area contributed by atoms with E-state index < -0.39 is 18.5 Å². The number of benzene rings is 2. The summed E-state index contributed by atoms with van der Waals surface area (Å²) in [6.07, 6.45) is 3.39. The minimum atomic E-state index is -0.672. The number of hydrogen-bond donors (Lipinski definition) is 1. The number of carbonyl (C=O) groups is 3. The number of para-hydroxylation sites is 1. The van der Waals surface area contributed by atoms with Gasteiger partial charge in [0.1, 0.15) is 11.6 Å². The summed E-state index contributed by atoms with van der Waals surface area (Å²) < 4.78 is 6.66. The molecule has 4 rings (SSSR count). The first-order chi connectivity index (χ1) is 17.1. The Labute approximate surface area is 206 Å². The molecular weight excluding hydrogens is 466 g/mol. The number of amides is 2. The number of thioether (sulfide) groups is 1. The molecule has 1 aliphatic heterocycles. The molecule has 35 heavy (non-hydrogen) atoms. The second-order valence-corrected chi connectivity index (χ2v) is 8.78. The average Bonchev–Trinajstić information content (AvgIpc) is 3.57. The maximum atomic E-state index is 12.7. The quantitative estimate of drug-likeness (QED) is 0.381. The Morgan fingerprint density at radius 2 is 1.77 bits per heavy atom. The summed E-state index contributed by atoms with van der Waals surface area (Å²) in [5, 5.41) is 16.2. The fourth-order valence-electron chi connectivity index (χ4n) is 3.65. The Balaban J connectivity index is 1.37. The van der Waals surface area contributed by atoms with Gasteiger partial charge < -0.3 is 15.0 Å². The number of esters is 1. The third-order valence-electron chi connectivity index (χ3n) is 5.40. The third-order valence-corrected chi connectivity index (χ3v) is 6.46. The molecule has 0 aliphatic carbocycles. The number of ether oxygens (including phenoxy) is 1. The molecule has 1 N–H and O–H groups in total. The molecule has 178 valence electrons. The van der Waals surface area contributed by atoms with Crippen LogP contribution in [-0.2, 0) is 14.3 Å². The lowest BCUT2D eigenvalue weighted by molar-refractivity contribution is -0.127. The molecule has 0 atom stereocenters. The van der Waals surface area contributed by atoms with Crippen molar-refractivity contribution in [1.29, 1.82) is 5.26 Å². The Kier molecular flexibility index (Phi) is 7.80. The fraction of sp³-hybridized carbons (Fsp3) is 0.240. The number of carbonyl (C=O) groups excluding carboxylic acids is 3. The van der Waals surface area contributed by atoms with Crippen molar-refractivity contribution in [3.05, 3.63) is 71.9 Å². The van der Waals surface area contributed by atoms with Gasteiger partial charge >= 0.3 is 5.97 Å². The first-order valence-electron chi connectivity index (χ1n) is 11.1. The summed E-state index contributed by atoms with van der Waals surface area (Å²) in [5.74, 6) is -0.823. The molecule has 1 aliphatic rings. The predicted octanol–water partition coefficient (Wildman–Crippen LogP) is 3.25. The Bertz CT molecular complexity index is 1260. The number of nitrogens with one attached hydrogen (secondary N) is 1. The summed E-state index contributed by atoms with van der Waals surface area (Å²) in [6.45, 7) is 0.999. The van der Waals surface area contributed by atoms with Crippen LogP contribution in [0.2, 0.25) is 0 Å². The molecule has 1 aromatic heterocycles. The lowest BCUT2D eigenvalue weighted by atomic mass is 10.2. The van der Waals surface area contributed by atoms with E-state index in [4.69, 9.17) is 4.74 Å². The molecule has 1 saturated heterocycles. The van der Waals surface area contributed by atoms with Crippen LogP contribution in [-0.4, -0.2) is 57.9 Å². The van der Waals surface area contributed by atoms with Crippen molar-refractivity contribution in [2.75, 3.05) is 30.8 Å². The number of rotatable bonds is 8. The van der Waals surface area contributed by atoms with Gasteiger partial charge in [-0.05, 0) is 37.1 Å². The van der Waals surface area contributed by atoms with Crippen LogP contribution in [0.4, 0.5) is 5.82 Å². The minimum Gasteiger partial charge on any atom is -0.452 e. The standard InChI is InChI=1S/C25H23N5O4S/c26-14-18-15-27-30(19-8-2-1-3-9-19)24(18)28-22(31)16-34-25(33)20-10-4-5-11-21(20)35-17-23(32)29-12-6-7-13-29/h1-5,8-11,15H,6-7,12-13,16-17H2,(H,28,31). The van der Waals surface area contributed by atoms with Gasteiger partial charge in [0.2, 0.25) is 5.91 Å². The van der Waals surface area contributed by atoms with Crippen LogP contribution >= 0.6 is 11.8 Å². The van der Waals surface area contributed by atoms with E-state index >= 15 is 0 Å². The zero-order chi connectivity index (χ0) is 24.6. The van der Waals surface area contributed by atoms with Gasteiger partial charge in [-0.25, -0.2) is 9.48 Å². The highest BCUT2D eigenvalue weighted by Gasteiger charge is 2.21. The normalized spacial score (nSPS) is 12.7. The second kappa shape index (κ2) is 11.4. The summed E-state index contributed by atoms with van der Waals surface area (Å²) in [7, 11) is 0. The van der Waals surface area contributed by atoms with Gasteiger partial charge in [-0.2, -0.15) is 10.4 Å². The Hall–Kier alpha value is -4.10. The molecule has 0 radical (unpaired) electrons. The van der Waals surface area contributed by atoms with Crippen LogP contribution in [0.1, 0.15) is 28.8 Å². The van der Waals surface area contributed by atoms with Crippen molar-refractivity contribution >= 4 is 35.4 Å². The number of nitriles is 1. The highest BCUT2D eigenvalue weighted by Crippen LogP contribution is 2.25. The molecule has 10 heteroatoms. The summed E-state index contributed by atoms with van der Waals surface area (Å²) in [4.78, 5) is 40.0. The van der Waals surface area contributed by atoms with Crippen LogP contribution in [0.3, 0.4) is 0 Å². The Morgan fingerprint density at radius 1 is 1.06 bits per heavy atom. The van der Waals surface area contributed by atoms with Crippen molar-refractivity contribution in [3.8, 4) is 11.8 Å². The van der Waals surface area contributed by atoms with Gasteiger partial charge in [0.15, 0.2) is 12.4 Å². The summed E-state index contributed by atoms with van der Waals surface area (Å²) >= 11 is 1.27. The van der Waals surface area contributed by atoms with E-state index in [1.54, 1.807) is 36.4 Å². The molecule has 0 unspecified atom stereocenters. The number of anilines is 1. The van der Waals surface area contributed by atoms with E-state index in [9.17, 15) is 19.6 Å². The molecule has 9 nitrogen and oxygen atoms in total. The SMILES string of the molecule is N#Cc1cnn(-c2ccccc2)c1NC(=O)COC(=O)c1ccccc1SCC(=O)N1CCCC1. The van der Waals surface area contributed by atoms with Crippen molar-refractivity contribution in [2.24, 2.45) is 0 Å². The molecule has 2 heterocycles. The minimum absolute atomic E-state index is 0.0402. The van der Waals surface area contributed by atoms with Gasteiger partial charge in [0.05, 0.1) is 23.2 Å². The van der Waals surface area contributed by atoms with Crippen molar-refractivity contribution in [1.82, 2.24) is 14.7 Å². The molecule has 2 amide bonds. The lowest BCUT2D eigenvalue weighted by Crippen LogP contribution is -2.29. The van der Waals surface area contributed by atoms with Gasteiger partial charge in [-0.1, -0.05) is 30.3 Å². The van der Waals surface area contributed by atoms with E-state index in [1.165, 1.54) is 22.6 Å². The zero-order valence-corrected chi connectivity index (χ0v) is 19.7. The molecule has 1 fully saturated rings. The van der Waals surface area contributed by atoms with Crippen LogP contribution in [0, 0.1) is 11.3 Å². The monoisotopic (exact) mass is 489 g/mol. The number of hydrogen-bond acceptors (Lipinski definition) is 7. The third kappa shape index (κ3) is 5.88. The summed E-state index contributed by atoms with van der Waals surface area (Å²) in [6, 6.07) is 17.8. The van der Waals surface area contributed by atoms with E-state index in [2.05, 4.69) is 10.4 Å². The number of likely N-dealkylation sites (tertiary alicyclic amines) is 1. The molecule has 2 aromatic carbocycles. The average molecular weight is 490 g/mol. The van der Waals surface area contributed by atoms with Gasteiger partial charge in [-0.3, -0.25) is 9.59 Å². The first-order valence-corrected chi connectivity index (χ1v) is 12.1. The van der Waals surface area contributed by atoms with Gasteiger partial charge in [-0.15, -0.1) is 11.8 Å². The molecular formula is C25H23N5O4S. The Morgan fingerprint density at radius 3 is 2.51 bits per heavy atom. The number of nitrogens with zero attached hydrogens (tertiary/aromatic N) is 4. The number of aromatic nitrogens is 2. The second-order valence-electron chi connectivity index (χ2n) is 7.76. The van der Waals surface area contributed by atoms with Gasteiger partial charge in [0, 0.05) is 18.0 Å². The van der Waals surface area contributed by atoms with Crippen molar-refractivity contribution in [2.45, 2.75) is 17.7 Å². The molecule has 0 saturated carbocycles. The van der Waals surface area contributed by atoms with E-state index in [0.29, 0.717) is 10.6 Å². The first kappa shape index (κ1) is 24.0. The zero-order valence-electron chi connectivity index (χ0n) is 18.8. The van der Waals surface area contributed by atoms with Crippen molar-refractivity contribution < 1.29 is 19.1 Å². The van der Waals surface area contributed by atoms with E-state index in [0.717, 1.165) is 25.9 Å². The molecule has 0 bridgehead atoms. The predicted molar refractivity (Wildman–Crippen MR) is 130 cm³/mol. The van der Waals surface area contributed by atoms with Crippen LogP contribution in [0.25, 0.3) is 5.69 Å². The molecule has 3 aromatic rings. The van der Waals surface area contributed by atoms with Crippen LogP contribution < -0.4 is 5.32 Å². The van der Waals surface area contributed by atoms with Crippen LogP contribution in [0.5, 0.6) is 0 Å². The smallest absolute Gasteiger partial charge is 0.339 e. The molecule has 0 spiro atoms. The summed E-state index contributed by atoms with van der Waals surface area (Å²) in [5.41, 5.74) is 1.13. The fourth-order valence-corrected chi connectivity index (χ4v) is 4.59. The maximum absolute atomic E-state index is 12.7. The lowest BCUT2D eigenvalue weighted by Gasteiger charge is -2.15. The van der Waals surface area contributed by atoms with Crippen molar-refractivity contribution in [3.63, 3.8) is 0 Å². The maximum Gasteiger partial charge on any atom is 0.339 e. The topological polar surface area (TPSA) is 117 Å². The highest BCUT2D eigenvalue weighted by atomic mass is 32.2. The van der Waals surface area contributed by atoms with Crippen LogP contribution in [0.15, 0.2) is 65.7 Å².